The van der Waals surface area contributed by atoms with Crippen LogP contribution in [0.25, 0.3) is 22.2 Å². The zero-order valence-corrected chi connectivity index (χ0v) is 22.2. The molecule has 0 spiro atoms. The minimum atomic E-state index is -0.374. The fourth-order valence-electron chi connectivity index (χ4n) is 4.40. The molecule has 0 radical (unpaired) electrons. The lowest BCUT2D eigenvalue weighted by atomic mass is 10.1. The van der Waals surface area contributed by atoms with E-state index in [1.165, 1.54) is 17.4 Å². The van der Waals surface area contributed by atoms with E-state index in [-0.39, 0.29) is 23.6 Å². The first kappa shape index (κ1) is 26.1. The molecule has 0 unspecified atom stereocenters. The highest BCUT2D eigenvalue weighted by Gasteiger charge is 2.20. The van der Waals surface area contributed by atoms with Gasteiger partial charge >= 0.3 is 0 Å². The summed E-state index contributed by atoms with van der Waals surface area (Å²) in [6.45, 7) is 0.272. The number of benzene rings is 2. The average Bonchev–Trinajstić information content (AvgIpc) is 3.77. The third-order valence-corrected chi connectivity index (χ3v) is 7.06. The van der Waals surface area contributed by atoms with Crippen molar-refractivity contribution in [1.29, 1.82) is 5.26 Å². The lowest BCUT2D eigenvalue weighted by Crippen LogP contribution is -2.24. The van der Waals surface area contributed by atoms with Gasteiger partial charge in [-0.3, -0.25) is 14.2 Å². The molecule has 0 aliphatic heterocycles. The summed E-state index contributed by atoms with van der Waals surface area (Å²) in [5, 5.41) is 16.5. The number of carbonyl (C=O) groups excluding carboxylic acids is 1. The van der Waals surface area contributed by atoms with Crippen molar-refractivity contribution in [3.8, 4) is 17.2 Å². The summed E-state index contributed by atoms with van der Waals surface area (Å²) >= 11 is 6.33. The third-order valence-electron chi connectivity index (χ3n) is 6.73. The van der Waals surface area contributed by atoms with Gasteiger partial charge in [-0.15, -0.1) is 0 Å². The number of hydrogen-bond acceptors (Lipinski definition) is 6. The highest BCUT2D eigenvalue weighted by Crippen LogP contribution is 2.33. The smallest absolute Gasteiger partial charge is 0.261 e. The van der Waals surface area contributed by atoms with Crippen LogP contribution in [-0.2, 0) is 18.4 Å². The predicted molar refractivity (Wildman–Crippen MR) is 152 cm³/mol. The molecule has 0 bridgehead atoms. The van der Waals surface area contributed by atoms with E-state index in [0.717, 1.165) is 30.0 Å². The van der Waals surface area contributed by atoms with Gasteiger partial charge in [0, 0.05) is 47.0 Å². The number of nitriles is 1. The van der Waals surface area contributed by atoms with E-state index < -0.39 is 0 Å². The molecular formula is C30H27ClN6O2. The number of amides is 1. The van der Waals surface area contributed by atoms with Crippen LogP contribution < -0.4 is 16.2 Å². The monoisotopic (exact) mass is 538 g/mol. The average molecular weight is 539 g/mol. The molecule has 0 atom stereocenters. The number of nitrogens with zero attached hydrogens (tertiary/aromatic N) is 4. The van der Waals surface area contributed by atoms with E-state index in [1.807, 2.05) is 48.5 Å². The topological polar surface area (TPSA) is 113 Å². The summed E-state index contributed by atoms with van der Waals surface area (Å²) in [6.07, 6.45) is 7.66. The number of aromatic nitrogens is 3. The quantitative estimate of drug-likeness (QED) is 0.210. The van der Waals surface area contributed by atoms with E-state index >= 15 is 0 Å². The Hall–Kier alpha value is -4.48. The number of halogens is 1. The lowest BCUT2D eigenvalue weighted by molar-refractivity contribution is -0.117. The number of fused-ring (bicyclic) bond motifs is 1. The second-order valence-corrected chi connectivity index (χ2v) is 10.0. The molecule has 196 valence electrons. The van der Waals surface area contributed by atoms with E-state index in [9.17, 15) is 14.9 Å². The summed E-state index contributed by atoms with van der Waals surface area (Å²) in [4.78, 5) is 34.6. The lowest BCUT2D eigenvalue weighted by Gasteiger charge is -2.12. The zero-order chi connectivity index (χ0) is 27.4. The molecule has 2 heterocycles. The fourth-order valence-corrected chi connectivity index (χ4v) is 4.64. The van der Waals surface area contributed by atoms with Crippen molar-refractivity contribution in [2.24, 2.45) is 13.0 Å². The Labute approximate surface area is 231 Å². The third kappa shape index (κ3) is 6.16. The number of allylic oxidation sites excluding steroid dienone is 1. The summed E-state index contributed by atoms with van der Waals surface area (Å²) in [7, 11) is 1.67. The van der Waals surface area contributed by atoms with Gasteiger partial charge in [0.25, 0.3) is 11.5 Å². The van der Waals surface area contributed by atoms with Crippen LogP contribution in [-0.4, -0.2) is 20.4 Å². The number of aryl methyl sites for hydroxylation is 1. The molecule has 4 aromatic rings. The van der Waals surface area contributed by atoms with Crippen LogP contribution in [0.4, 0.5) is 11.6 Å². The number of hydrogen-bond donors (Lipinski definition) is 2. The molecule has 0 saturated heterocycles. The maximum Gasteiger partial charge on any atom is 0.261 e. The van der Waals surface area contributed by atoms with Gasteiger partial charge in [0.2, 0.25) is 5.95 Å². The van der Waals surface area contributed by atoms with Gasteiger partial charge in [-0.2, -0.15) is 10.2 Å². The molecule has 1 aliphatic carbocycles. The van der Waals surface area contributed by atoms with Crippen LogP contribution >= 0.6 is 11.6 Å². The minimum absolute atomic E-state index is 0.151. The summed E-state index contributed by atoms with van der Waals surface area (Å²) in [6, 6.07) is 18.4. The van der Waals surface area contributed by atoms with Gasteiger partial charge in [0.1, 0.15) is 17.3 Å². The summed E-state index contributed by atoms with van der Waals surface area (Å²) in [5.41, 5.74) is 3.12. The van der Waals surface area contributed by atoms with Crippen LogP contribution in [0.15, 0.2) is 77.2 Å². The Morgan fingerprint density at radius 2 is 2.00 bits per heavy atom. The first-order chi connectivity index (χ1) is 18.9. The van der Waals surface area contributed by atoms with Crippen molar-refractivity contribution in [3.63, 3.8) is 0 Å². The molecular weight excluding hydrogens is 512 g/mol. The maximum atomic E-state index is 13.1. The molecule has 1 saturated carbocycles. The van der Waals surface area contributed by atoms with Crippen LogP contribution in [0.3, 0.4) is 0 Å². The first-order valence-electron chi connectivity index (χ1n) is 12.8. The second kappa shape index (κ2) is 11.5. The Morgan fingerprint density at radius 3 is 2.77 bits per heavy atom. The molecule has 2 N–H and O–H groups in total. The van der Waals surface area contributed by atoms with Crippen molar-refractivity contribution in [3.05, 3.63) is 93.4 Å². The van der Waals surface area contributed by atoms with E-state index in [1.54, 1.807) is 31.5 Å². The van der Waals surface area contributed by atoms with Gasteiger partial charge in [0.05, 0.1) is 0 Å². The molecule has 2 aromatic heterocycles. The zero-order valence-electron chi connectivity index (χ0n) is 21.4. The number of rotatable bonds is 9. The Bertz CT molecular complexity index is 1680. The SMILES string of the molecule is Cn1c(=O)c(-c2ccccc2Cl)cc2cnc(Nc3cccc(CNC(=O)/C(C#N)=C/CCC4CC4)c3)nc21. The van der Waals surface area contributed by atoms with E-state index in [4.69, 9.17) is 11.6 Å². The number of anilines is 2. The van der Waals surface area contributed by atoms with Gasteiger partial charge in [-0.1, -0.05) is 60.9 Å². The number of nitrogens with one attached hydrogen (secondary N) is 2. The van der Waals surface area contributed by atoms with Gasteiger partial charge in [0.15, 0.2) is 0 Å². The predicted octanol–water partition coefficient (Wildman–Crippen LogP) is 5.65. The Balaban J connectivity index is 1.29. The van der Waals surface area contributed by atoms with Crippen LogP contribution in [0, 0.1) is 17.2 Å². The van der Waals surface area contributed by atoms with Crippen molar-refractivity contribution in [1.82, 2.24) is 19.9 Å². The molecule has 5 rings (SSSR count). The summed E-state index contributed by atoms with van der Waals surface area (Å²) < 4.78 is 1.48. The Kier molecular flexibility index (Phi) is 7.71. The van der Waals surface area contributed by atoms with Crippen molar-refractivity contribution in [2.75, 3.05) is 5.32 Å². The van der Waals surface area contributed by atoms with Crippen molar-refractivity contribution >= 4 is 40.2 Å². The van der Waals surface area contributed by atoms with Gasteiger partial charge < -0.3 is 10.6 Å². The highest BCUT2D eigenvalue weighted by molar-refractivity contribution is 6.33. The fraction of sp³-hybridized carbons (Fsp3) is 0.233. The molecule has 9 heteroatoms. The standard InChI is InChI=1S/C30H27ClN6O2/c1-37-27-22(15-25(29(37)39)24-10-2-3-11-26(24)31)18-34-30(36-27)35-23-9-5-7-20(14-23)17-33-28(38)21(16-32)8-4-6-19-12-13-19/h2-3,5,7-11,14-15,18-19H,4,6,12-13,17H2,1H3,(H,33,38)(H,34,35,36)/b21-8+. The minimum Gasteiger partial charge on any atom is -0.347 e. The summed E-state index contributed by atoms with van der Waals surface area (Å²) in [5.74, 6) is 0.706. The maximum absolute atomic E-state index is 13.1. The Morgan fingerprint density at radius 1 is 1.18 bits per heavy atom. The second-order valence-electron chi connectivity index (χ2n) is 9.63. The van der Waals surface area contributed by atoms with Crippen molar-refractivity contribution < 1.29 is 4.79 Å². The molecule has 1 amide bonds. The van der Waals surface area contributed by atoms with Crippen LogP contribution in [0.1, 0.15) is 31.2 Å². The van der Waals surface area contributed by atoms with Gasteiger partial charge in [-0.05, 0) is 48.6 Å². The van der Waals surface area contributed by atoms with Crippen LogP contribution in [0.5, 0.6) is 0 Å². The van der Waals surface area contributed by atoms with E-state index in [2.05, 4.69) is 20.6 Å². The van der Waals surface area contributed by atoms with Crippen molar-refractivity contribution in [2.45, 2.75) is 32.2 Å². The van der Waals surface area contributed by atoms with E-state index in [0.29, 0.717) is 33.1 Å². The highest BCUT2D eigenvalue weighted by atomic mass is 35.5. The van der Waals surface area contributed by atoms with Crippen LogP contribution in [0.2, 0.25) is 5.02 Å². The molecule has 1 fully saturated rings. The first-order valence-corrected chi connectivity index (χ1v) is 13.2. The molecule has 39 heavy (non-hydrogen) atoms. The largest absolute Gasteiger partial charge is 0.347 e. The number of carbonyl (C=O) groups is 1. The van der Waals surface area contributed by atoms with Gasteiger partial charge in [-0.25, -0.2) is 4.98 Å². The molecule has 8 nitrogen and oxygen atoms in total. The number of pyridine rings is 1. The molecule has 1 aliphatic rings. The molecule has 2 aromatic carbocycles. The normalized spacial score (nSPS) is 13.2.